The molecule has 168 valence electrons. The van der Waals surface area contributed by atoms with Crippen molar-refractivity contribution in [2.75, 3.05) is 43.9 Å². The van der Waals surface area contributed by atoms with Crippen molar-refractivity contribution in [3.63, 3.8) is 0 Å². The maximum absolute atomic E-state index is 13.4. The number of hydrogen-bond acceptors (Lipinski definition) is 6. The molecule has 6 nitrogen and oxygen atoms in total. The van der Waals surface area contributed by atoms with Crippen molar-refractivity contribution in [2.45, 2.75) is 37.5 Å². The molecule has 0 aliphatic heterocycles. The number of sulfone groups is 1. The second-order valence-corrected chi connectivity index (χ2v) is 7.73. The number of benzene rings is 2. The summed E-state index contributed by atoms with van der Waals surface area (Å²) in [7, 11) is -0.239. The van der Waals surface area contributed by atoms with Crippen LogP contribution in [-0.4, -0.2) is 48.4 Å². The molecular weight excluding hydrogens is 405 g/mol. The van der Waals surface area contributed by atoms with Gasteiger partial charge in [-0.2, -0.15) is 0 Å². The fourth-order valence-electron chi connectivity index (χ4n) is 2.62. The van der Waals surface area contributed by atoms with Crippen molar-refractivity contribution in [1.29, 1.82) is 0 Å². The topological polar surface area (TPSA) is 78.5 Å². The van der Waals surface area contributed by atoms with Gasteiger partial charge in [0.1, 0.15) is 12.1 Å². The molecule has 0 aliphatic carbocycles. The monoisotopic (exact) mass is 439 g/mol. The van der Waals surface area contributed by atoms with Crippen LogP contribution in [0.2, 0.25) is 0 Å². The minimum atomic E-state index is -3.80. The van der Waals surface area contributed by atoms with E-state index in [0.717, 1.165) is 37.7 Å². The number of anilines is 2. The molecule has 0 radical (unpaired) electrons. The number of aldehydes is 1. The van der Waals surface area contributed by atoms with Gasteiger partial charge in [-0.1, -0.05) is 19.9 Å². The molecule has 0 aromatic heterocycles. The lowest BCUT2D eigenvalue weighted by molar-refractivity contribution is -0.106. The molecule has 2 aromatic carbocycles. The third kappa shape index (κ3) is 7.76. The second-order valence-electron chi connectivity index (χ2n) is 5.81. The third-order valence-corrected chi connectivity index (χ3v) is 5.82. The van der Waals surface area contributed by atoms with E-state index in [1.165, 1.54) is 25.1 Å². The predicted octanol–water partition coefficient (Wildman–Crippen LogP) is 3.98. The van der Waals surface area contributed by atoms with Gasteiger partial charge in [-0.15, -0.1) is 0 Å². The normalized spacial score (nSPS) is 10.1. The van der Waals surface area contributed by atoms with Gasteiger partial charge >= 0.3 is 0 Å². The fourth-order valence-corrected chi connectivity index (χ4v) is 4.10. The highest BCUT2D eigenvalue weighted by molar-refractivity contribution is 7.91. The maximum Gasteiger partial charge on any atom is 0.208 e. The molecule has 0 heterocycles. The number of nitrogens with one attached hydrogen (secondary N) is 2. The zero-order valence-corrected chi connectivity index (χ0v) is 19.5. The molecule has 0 unspecified atom stereocenters. The Morgan fingerprint density at radius 1 is 1.10 bits per heavy atom. The Labute approximate surface area is 180 Å². The van der Waals surface area contributed by atoms with Crippen LogP contribution >= 0.6 is 0 Å². The lowest BCUT2D eigenvalue weighted by Gasteiger charge is -2.24. The minimum absolute atomic E-state index is 0.0562. The van der Waals surface area contributed by atoms with Crippen molar-refractivity contribution in [2.24, 2.45) is 0 Å². The Kier molecular flexibility index (Phi) is 13.3. The van der Waals surface area contributed by atoms with Gasteiger partial charge in [0, 0.05) is 32.4 Å². The van der Waals surface area contributed by atoms with E-state index in [1.807, 2.05) is 33.9 Å². The third-order valence-electron chi connectivity index (χ3n) is 4.01. The van der Waals surface area contributed by atoms with Crippen LogP contribution in [0.1, 0.15) is 27.7 Å². The molecule has 2 aromatic rings. The molecule has 0 saturated carbocycles. The summed E-state index contributed by atoms with van der Waals surface area (Å²) in [6, 6.07) is 10.2. The van der Waals surface area contributed by atoms with E-state index in [2.05, 4.69) is 15.5 Å². The standard InChI is InChI=1S/C18H24FN3O2S.C2H4O.C2H6/c1-4-22(11-10-20-2)15-8-9-18(17(13-15)21-3)25(23,24)16-7-5-6-14(19)12-16;1-2-3;1-2/h5-9,12-13,20-21H,4,10-11H2,1-3H3;2H,1H3;1-2H3. The van der Waals surface area contributed by atoms with Crippen molar-refractivity contribution in [3.8, 4) is 0 Å². The highest BCUT2D eigenvalue weighted by Gasteiger charge is 2.22. The fraction of sp³-hybridized carbons (Fsp3) is 0.409. The van der Waals surface area contributed by atoms with E-state index in [9.17, 15) is 12.8 Å². The van der Waals surface area contributed by atoms with Crippen LogP contribution in [0.25, 0.3) is 0 Å². The molecule has 0 atom stereocenters. The van der Waals surface area contributed by atoms with E-state index in [0.29, 0.717) is 5.69 Å². The first kappa shape index (κ1) is 27.5. The van der Waals surface area contributed by atoms with E-state index < -0.39 is 15.7 Å². The van der Waals surface area contributed by atoms with E-state index in [-0.39, 0.29) is 9.79 Å². The SMILES string of the molecule is CC.CC=O.CCN(CCNC)c1ccc(S(=O)(=O)c2cccc(F)c2)c(NC)c1. The average molecular weight is 440 g/mol. The number of nitrogens with zero attached hydrogens (tertiary/aromatic N) is 1. The molecule has 8 heteroatoms. The summed E-state index contributed by atoms with van der Waals surface area (Å²) in [4.78, 5) is 11.0. The highest BCUT2D eigenvalue weighted by Crippen LogP contribution is 2.31. The molecule has 2 rings (SSSR count). The van der Waals surface area contributed by atoms with Crippen LogP contribution in [0.15, 0.2) is 52.3 Å². The Morgan fingerprint density at radius 2 is 1.73 bits per heavy atom. The van der Waals surface area contributed by atoms with E-state index in [4.69, 9.17) is 4.79 Å². The van der Waals surface area contributed by atoms with Crippen LogP contribution in [-0.2, 0) is 14.6 Å². The van der Waals surface area contributed by atoms with Gasteiger partial charge in [0.05, 0.1) is 15.5 Å². The lowest BCUT2D eigenvalue weighted by Crippen LogP contribution is -2.30. The lowest BCUT2D eigenvalue weighted by atomic mass is 10.2. The zero-order chi connectivity index (χ0) is 23.2. The van der Waals surface area contributed by atoms with Crippen molar-refractivity contribution < 1.29 is 17.6 Å². The van der Waals surface area contributed by atoms with Gasteiger partial charge in [0.15, 0.2) is 0 Å². The van der Waals surface area contributed by atoms with Crippen LogP contribution < -0.4 is 15.5 Å². The van der Waals surface area contributed by atoms with Crippen LogP contribution in [0, 0.1) is 5.82 Å². The number of likely N-dealkylation sites (N-methyl/N-ethyl adjacent to an activating group) is 2. The number of rotatable bonds is 8. The quantitative estimate of drug-likeness (QED) is 0.606. The number of halogens is 1. The van der Waals surface area contributed by atoms with Crippen molar-refractivity contribution >= 4 is 27.5 Å². The second kappa shape index (κ2) is 14.5. The van der Waals surface area contributed by atoms with Crippen molar-refractivity contribution in [3.05, 3.63) is 48.3 Å². The summed E-state index contributed by atoms with van der Waals surface area (Å²) in [6.07, 6.45) is 0.750. The summed E-state index contributed by atoms with van der Waals surface area (Å²) in [5.41, 5.74) is 1.42. The summed E-state index contributed by atoms with van der Waals surface area (Å²) < 4.78 is 39.2. The molecule has 2 N–H and O–H groups in total. The smallest absolute Gasteiger partial charge is 0.208 e. The van der Waals surface area contributed by atoms with Gasteiger partial charge in [-0.25, -0.2) is 12.8 Å². The van der Waals surface area contributed by atoms with E-state index >= 15 is 0 Å². The molecule has 0 saturated heterocycles. The summed E-state index contributed by atoms with van der Waals surface area (Å²) in [5.74, 6) is -0.576. The number of carbonyl (C=O) groups is 1. The van der Waals surface area contributed by atoms with Gasteiger partial charge in [0.25, 0.3) is 0 Å². The first-order valence-corrected chi connectivity index (χ1v) is 11.5. The molecule has 0 amide bonds. The van der Waals surface area contributed by atoms with Gasteiger partial charge in [-0.05, 0) is 57.3 Å². The number of carbonyl (C=O) groups excluding carboxylic acids is 1. The Hall–Kier alpha value is -2.45. The van der Waals surface area contributed by atoms with Crippen LogP contribution in [0.4, 0.5) is 15.8 Å². The largest absolute Gasteiger partial charge is 0.387 e. The molecule has 0 bridgehead atoms. The predicted molar refractivity (Wildman–Crippen MR) is 123 cm³/mol. The summed E-state index contributed by atoms with van der Waals surface area (Å²) in [5, 5.41) is 6.05. The summed E-state index contributed by atoms with van der Waals surface area (Å²) in [6.45, 7) is 9.94. The zero-order valence-electron chi connectivity index (χ0n) is 18.7. The Bertz CT molecular complexity index is 874. The molecule has 0 aliphatic rings. The number of hydrogen-bond donors (Lipinski definition) is 2. The Morgan fingerprint density at radius 3 is 2.23 bits per heavy atom. The van der Waals surface area contributed by atoms with Gasteiger partial charge in [-0.3, -0.25) is 0 Å². The van der Waals surface area contributed by atoms with Crippen molar-refractivity contribution in [1.82, 2.24) is 5.32 Å². The van der Waals surface area contributed by atoms with Gasteiger partial charge < -0.3 is 20.3 Å². The average Bonchev–Trinajstić information content (AvgIpc) is 2.76. The summed E-state index contributed by atoms with van der Waals surface area (Å²) >= 11 is 0. The Balaban J connectivity index is 0.00000154. The molecule has 30 heavy (non-hydrogen) atoms. The first-order valence-electron chi connectivity index (χ1n) is 9.97. The maximum atomic E-state index is 13.4. The molecular formula is C22H34FN3O3S. The molecule has 0 fully saturated rings. The highest BCUT2D eigenvalue weighted by atomic mass is 32.2. The van der Waals surface area contributed by atoms with Crippen LogP contribution in [0.5, 0.6) is 0 Å². The van der Waals surface area contributed by atoms with Crippen LogP contribution in [0.3, 0.4) is 0 Å². The van der Waals surface area contributed by atoms with E-state index in [1.54, 1.807) is 19.2 Å². The molecule has 0 spiro atoms. The first-order chi connectivity index (χ1) is 14.3. The minimum Gasteiger partial charge on any atom is -0.387 e. The van der Waals surface area contributed by atoms with Gasteiger partial charge in [0.2, 0.25) is 9.84 Å².